The first kappa shape index (κ1) is 21.7. The number of hydrogen-bond donors (Lipinski definition) is 3. The van der Waals surface area contributed by atoms with Gasteiger partial charge in [0.15, 0.2) is 6.61 Å². The van der Waals surface area contributed by atoms with Gasteiger partial charge in [0.25, 0.3) is 11.8 Å². The third kappa shape index (κ3) is 5.96. The van der Waals surface area contributed by atoms with E-state index in [1.165, 1.54) is 12.1 Å². The topological polar surface area (TPSA) is 111 Å². The SMILES string of the molecule is CCNC(=O)c1cccc(NC(=O)COC(=O)c2ccc(C(F)(F)F)cc2N)c1. The first-order chi connectivity index (χ1) is 13.6. The van der Waals surface area contributed by atoms with Gasteiger partial charge in [-0.15, -0.1) is 0 Å². The zero-order chi connectivity index (χ0) is 21.6. The minimum atomic E-state index is -4.60. The summed E-state index contributed by atoms with van der Waals surface area (Å²) in [6, 6.07) is 8.30. The van der Waals surface area contributed by atoms with Crippen LogP contribution in [0, 0.1) is 0 Å². The molecule has 2 rings (SSSR count). The quantitative estimate of drug-likeness (QED) is 0.502. The molecule has 0 aromatic heterocycles. The Kier molecular flexibility index (Phi) is 6.81. The predicted molar refractivity (Wildman–Crippen MR) is 99.2 cm³/mol. The van der Waals surface area contributed by atoms with Crippen molar-refractivity contribution in [2.45, 2.75) is 13.1 Å². The molecule has 0 atom stereocenters. The van der Waals surface area contributed by atoms with Crippen molar-refractivity contribution in [3.63, 3.8) is 0 Å². The molecule has 0 spiro atoms. The summed E-state index contributed by atoms with van der Waals surface area (Å²) in [5, 5.41) is 5.07. The first-order valence-electron chi connectivity index (χ1n) is 8.43. The number of anilines is 2. The number of alkyl halides is 3. The van der Waals surface area contributed by atoms with Crippen LogP contribution in [0.2, 0.25) is 0 Å². The van der Waals surface area contributed by atoms with E-state index in [1.54, 1.807) is 19.1 Å². The van der Waals surface area contributed by atoms with Crippen LogP contribution in [-0.2, 0) is 15.7 Å². The molecule has 0 heterocycles. The van der Waals surface area contributed by atoms with Gasteiger partial charge in [-0.3, -0.25) is 9.59 Å². The van der Waals surface area contributed by atoms with Crippen LogP contribution < -0.4 is 16.4 Å². The Hall–Kier alpha value is -3.56. The molecule has 7 nitrogen and oxygen atoms in total. The molecule has 4 N–H and O–H groups in total. The van der Waals surface area contributed by atoms with Crippen LogP contribution in [0.4, 0.5) is 24.5 Å². The summed E-state index contributed by atoms with van der Waals surface area (Å²) in [6.45, 7) is 1.52. The highest BCUT2D eigenvalue weighted by molar-refractivity contribution is 5.99. The van der Waals surface area contributed by atoms with Crippen LogP contribution in [-0.4, -0.2) is 30.9 Å². The molecule has 0 aliphatic carbocycles. The highest BCUT2D eigenvalue weighted by Gasteiger charge is 2.31. The molecule has 0 radical (unpaired) electrons. The maximum atomic E-state index is 12.6. The Morgan fingerprint density at radius 2 is 1.83 bits per heavy atom. The number of nitrogen functional groups attached to an aromatic ring is 1. The van der Waals surface area contributed by atoms with Crippen LogP contribution in [0.5, 0.6) is 0 Å². The van der Waals surface area contributed by atoms with Gasteiger partial charge in [-0.25, -0.2) is 4.79 Å². The van der Waals surface area contributed by atoms with E-state index in [0.717, 1.165) is 6.07 Å². The van der Waals surface area contributed by atoms with Gasteiger partial charge < -0.3 is 21.1 Å². The molecule has 0 aliphatic rings. The molecule has 0 fully saturated rings. The molecule has 2 aromatic carbocycles. The van der Waals surface area contributed by atoms with Gasteiger partial charge in [0.05, 0.1) is 11.1 Å². The number of nitrogens with one attached hydrogen (secondary N) is 2. The second kappa shape index (κ2) is 9.09. The van der Waals surface area contributed by atoms with Crippen molar-refractivity contribution in [1.29, 1.82) is 0 Å². The Morgan fingerprint density at radius 3 is 2.45 bits per heavy atom. The predicted octanol–water partition coefficient (Wildman–Crippen LogP) is 2.83. The minimum Gasteiger partial charge on any atom is -0.452 e. The van der Waals surface area contributed by atoms with E-state index in [0.29, 0.717) is 29.9 Å². The molecule has 29 heavy (non-hydrogen) atoms. The van der Waals surface area contributed by atoms with Gasteiger partial charge in [-0.05, 0) is 43.3 Å². The van der Waals surface area contributed by atoms with E-state index in [4.69, 9.17) is 10.5 Å². The third-order valence-corrected chi connectivity index (χ3v) is 3.68. The van der Waals surface area contributed by atoms with Crippen molar-refractivity contribution in [2.24, 2.45) is 0 Å². The summed E-state index contributed by atoms with van der Waals surface area (Å²) in [5.74, 6) is -2.05. The maximum Gasteiger partial charge on any atom is 0.416 e. The average Bonchev–Trinajstić information content (AvgIpc) is 2.65. The van der Waals surface area contributed by atoms with Gasteiger partial charge in [0.2, 0.25) is 0 Å². The Morgan fingerprint density at radius 1 is 1.10 bits per heavy atom. The maximum absolute atomic E-state index is 12.6. The van der Waals surface area contributed by atoms with Crippen LogP contribution in [0.25, 0.3) is 0 Å². The zero-order valence-corrected chi connectivity index (χ0v) is 15.3. The Bertz CT molecular complexity index is 929. The van der Waals surface area contributed by atoms with Gasteiger partial charge >= 0.3 is 12.1 Å². The largest absolute Gasteiger partial charge is 0.452 e. The molecule has 154 valence electrons. The summed E-state index contributed by atoms with van der Waals surface area (Å²) in [4.78, 5) is 35.7. The lowest BCUT2D eigenvalue weighted by molar-refractivity contribution is -0.137. The molecule has 2 amide bonds. The fraction of sp³-hybridized carbons (Fsp3) is 0.211. The van der Waals surface area contributed by atoms with E-state index in [2.05, 4.69) is 10.6 Å². The number of halogens is 3. The minimum absolute atomic E-state index is 0.288. The summed E-state index contributed by atoms with van der Waals surface area (Å²) in [5.41, 5.74) is 4.41. The van der Waals surface area contributed by atoms with E-state index in [9.17, 15) is 27.6 Å². The number of carbonyl (C=O) groups is 3. The number of esters is 1. The van der Waals surface area contributed by atoms with Crippen LogP contribution in [0.1, 0.15) is 33.2 Å². The van der Waals surface area contributed by atoms with Gasteiger partial charge in [-0.2, -0.15) is 13.2 Å². The number of amides is 2. The third-order valence-electron chi connectivity index (χ3n) is 3.68. The smallest absolute Gasteiger partial charge is 0.416 e. The molecular weight excluding hydrogens is 391 g/mol. The first-order valence-corrected chi connectivity index (χ1v) is 8.43. The standard InChI is InChI=1S/C19H18F3N3O4/c1-2-24-17(27)11-4-3-5-13(8-11)25-16(26)10-29-18(28)14-7-6-12(9-15(14)23)19(20,21)22/h3-9H,2,10,23H2,1H3,(H,24,27)(H,25,26). The second-order valence-electron chi connectivity index (χ2n) is 5.86. The molecule has 0 unspecified atom stereocenters. The number of nitrogens with two attached hydrogens (primary N) is 1. The van der Waals surface area contributed by atoms with E-state index < -0.39 is 35.9 Å². The van der Waals surface area contributed by atoms with Crippen LogP contribution in [0.15, 0.2) is 42.5 Å². The Labute approximate surface area is 164 Å². The summed E-state index contributed by atoms with van der Waals surface area (Å²) in [6.07, 6.45) is -4.60. The molecule has 2 aromatic rings. The highest BCUT2D eigenvalue weighted by Crippen LogP contribution is 2.31. The normalized spacial score (nSPS) is 10.9. The highest BCUT2D eigenvalue weighted by atomic mass is 19.4. The van der Waals surface area contributed by atoms with Crippen molar-refractivity contribution >= 4 is 29.2 Å². The lowest BCUT2D eigenvalue weighted by atomic mass is 10.1. The summed E-state index contributed by atoms with van der Waals surface area (Å²) < 4.78 is 42.7. The molecular formula is C19H18F3N3O4. The van der Waals surface area contributed by atoms with Crippen molar-refractivity contribution in [2.75, 3.05) is 24.2 Å². The second-order valence-corrected chi connectivity index (χ2v) is 5.86. The summed E-state index contributed by atoms with van der Waals surface area (Å²) in [7, 11) is 0. The van der Waals surface area contributed by atoms with Crippen molar-refractivity contribution in [3.8, 4) is 0 Å². The van der Waals surface area contributed by atoms with Gasteiger partial charge in [-0.1, -0.05) is 6.07 Å². The van der Waals surface area contributed by atoms with Gasteiger partial charge in [0, 0.05) is 23.5 Å². The van der Waals surface area contributed by atoms with Crippen molar-refractivity contribution in [1.82, 2.24) is 5.32 Å². The fourth-order valence-corrected chi connectivity index (χ4v) is 2.33. The monoisotopic (exact) mass is 409 g/mol. The van der Waals surface area contributed by atoms with Crippen molar-refractivity contribution in [3.05, 3.63) is 59.2 Å². The Balaban J connectivity index is 1.97. The number of hydrogen-bond acceptors (Lipinski definition) is 5. The molecule has 0 saturated heterocycles. The lowest BCUT2D eigenvalue weighted by Crippen LogP contribution is -2.23. The average molecular weight is 409 g/mol. The van der Waals surface area contributed by atoms with Crippen LogP contribution in [0.3, 0.4) is 0 Å². The van der Waals surface area contributed by atoms with Crippen molar-refractivity contribution < 1.29 is 32.3 Å². The number of carbonyl (C=O) groups excluding carboxylic acids is 3. The fourth-order valence-electron chi connectivity index (χ4n) is 2.33. The number of ether oxygens (including phenoxy) is 1. The molecule has 10 heteroatoms. The zero-order valence-electron chi connectivity index (χ0n) is 15.3. The van der Waals surface area contributed by atoms with E-state index >= 15 is 0 Å². The molecule has 0 aliphatic heterocycles. The van der Waals surface area contributed by atoms with Gasteiger partial charge in [0.1, 0.15) is 0 Å². The van der Waals surface area contributed by atoms with E-state index in [1.807, 2.05) is 0 Å². The van der Waals surface area contributed by atoms with Crippen LogP contribution >= 0.6 is 0 Å². The molecule has 0 saturated carbocycles. The molecule has 0 bridgehead atoms. The number of rotatable bonds is 6. The summed E-state index contributed by atoms with van der Waals surface area (Å²) >= 11 is 0. The van der Waals surface area contributed by atoms with E-state index in [-0.39, 0.29) is 11.5 Å². The lowest BCUT2D eigenvalue weighted by Gasteiger charge is -2.11. The number of benzene rings is 2.